The molecule has 1 N–H and O–H groups in total. The molecule has 1 heterocycles. The van der Waals surface area contributed by atoms with Crippen molar-refractivity contribution < 1.29 is 14.3 Å². The summed E-state index contributed by atoms with van der Waals surface area (Å²) in [4.78, 5) is 28.3. The molecule has 6 heteroatoms. The molecule has 1 atom stereocenters. The summed E-state index contributed by atoms with van der Waals surface area (Å²) in [6, 6.07) is 7.64. The molecule has 148 valence electrons. The van der Waals surface area contributed by atoms with Gasteiger partial charge in [-0.15, -0.1) is 0 Å². The van der Waals surface area contributed by atoms with Crippen LogP contribution in [-0.2, 0) is 9.59 Å². The Bertz CT molecular complexity index is 685. The molecule has 1 aliphatic rings. The highest BCUT2D eigenvalue weighted by atomic mass is 16.5. The summed E-state index contributed by atoms with van der Waals surface area (Å²) in [5, 5.41) is 2.93. The molecule has 0 aromatic heterocycles. The van der Waals surface area contributed by atoms with E-state index in [4.69, 9.17) is 4.74 Å². The van der Waals surface area contributed by atoms with Crippen LogP contribution in [0.15, 0.2) is 30.3 Å². The second kappa shape index (κ2) is 10.1. The standard InChI is InChI=1S/C21H31N3O3/c1-16(17-9-5-6-11-19(17)27-4)15-20(25)22-12-8-14-24-13-7-10-18(24)21(26)23(2)3/h5-6,9,11,15,18H,7-8,10,12-14H2,1-4H3,(H,22,25). The van der Waals surface area contributed by atoms with Crippen molar-refractivity contribution in [2.45, 2.75) is 32.2 Å². The summed E-state index contributed by atoms with van der Waals surface area (Å²) in [5.74, 6) is 0.817. The molecule has 1 saturated heterocycles. The van der Waals surface area contributed by atoms with E-state index in [1.54, 1.807) is 32.2 Å². The molecular weight excluding hydrogens is 342 g/mol. The number of hydrogen-bond acceptors (Lipinski definition) is 4. The molecule has 1 aromatic carbocycles. The average molecular weight is 373 g/mol. The van der Waals surface area contributed by atoms with E-state index in [9.17, 15) is 9.59 Å². The molecule has 0 radical (unpaired) electrons. The number of carbonyl (C=O) groups is 2. The number of nitrogens with zero attached hydrogens (tertiary/aromatic N) is 2. The van der Waals surface area contributed by atoms with E-state index < -0.39 is 0 Å². The molecule has 2 amide bonds. The van der Waals surface area contributed by atoms with Gasteiger partial charge < -0.3 is 15.0 Å². The van der Waals surface area contributed by atoms with Gasteiger partial charge in [0.1, 0.15) is 5.75 Å². The van der Waals surface area contributed by atoms with Gasteiger partial charge in [0, 0.05) is 38.8 Å². The van der Waals surface area contributed by atoms with Crippen LogP contribution in [-0.4, -0.2) is 68.5 Å². The highest BCUT2D eigenvalue weighted by Gasteiger charge is 2.30. The summed E-state index contributed by atoms with van der Waals surface area (Å²) < 4.78 is 5.34. The predicted octanol–water partition coefficient (Wildman–Crippen LogP) is 2.16. The van der Waals surface area contributed by atoms with E-state index in [0.29, 0.717) is 6.54 Å². The molecule has 0 saturated carbocycles. The smallest absolute Gasteiger partial charge is 0.244 e. The fraction of sp³-hybridized carbons (Fsp3) is 0.524. The third kappa shape index (κ3) is 5.82. The first-order chi connectivity index (χ1) is 12.9. The largest absolute Gasteiger partial charge is 0.496 e. The second-order valence-corrected chi connectivity index (χ2v) is 7.10. The Morgan fingerprint density at radius 1 is 1.33 bits per heavy atom. The molecule has 2 rings (SSSR count). The number of ether oxygens (including phenoxy) is 1. The van der Waals surface area contributed by atoms with Crippen LogP contribution in [0.25, 0.3) is 5.57 Å². The lowest BCUT2D eigenvalue weighted by atomic mass is 10.1. The number of nitrogens with one attached hydrogen (secondary N) is 1. The molecule has 0 aliphatic carbocycles. The fourth-order valence-electron chi connectivity index (χ4n) is 3.46. The van der Waals surface area contributed by atoms with E-state index in [2.05, 4.69) is 10.2 Å². The number of rotatable bonds is 8. The molecular formula is C21H31N3O3. The van der Waals surface area contributed by atoms with Gasteiger partial charge in [-0.25, -0.2) is 0 Å². The topological polar surface area (TPSA) is 61.9 Å². The molecule has 0 spiro atoms. The maximum Gasteiger partial charge on any atom is 0.244 e. The summed E-state index contributed by atoms with van der Waals surface area (Å²) >= 11 is 0. The Labute approximate surface area is 162 Å². The SMILES string of the molecule is COc1ccccc1C(C)=CC(=O)NCCCN1CCCC1C(=O)N(C)C. The van der Waals surface area contributed by atoms with E-state index >= 15 is 0 Å². The Morgan fingerprint density at radius 2 is 2.07 bits per heavy atom. The molecule has 1 aliphatic heterocycles. The number of likely N-dealkylation sites (N-methyl/N-ethyl adjacent to an activating group) is 1. The van der Waals surface area contributed by atoms with E-state index in [0.717, 1.165) is 49.2 Å². The first-order valence-corrected chi connectivity index (χ1v) is 9.48. The van der Waals surface area contributed by atoms with Crippen LogP contribution < -0.4 is 10.1 Å². The van der Waals surface area contributed by atoms with E-state index in [1.165, 1.54) is 0 Å². The number of benzene rings is 1. The van der Waals surface area contributed by atoms with Crippen LogP contribution in [0.3, 0.4) is 0 Å². The lowest BCUT2D eigenvalue weighted by molar-refractivity contribution is -0.133. The van der Waals surface area contributed by atoms with Crippen molar-refractivity contribution in [2.24, 2.45) is 0 Å². The quantitative estimate of drug-likeness (QED) is 0.560. The van der Waals surface area contributed by atoms with E-state index in [1.807, 2.05) is 31.2 Å². The molecule has 0 bridgehead atoms. The van der Waals surface area contributed by atoms with Crippen LogP contribution in [0.4, 0.5) is 0 Å². The van der Waals surface area contributed by atoms with Crippen molar-refractivity contribution in [3.8, 4) is 5.75 Å². The van der Waals surface area contributed by atoms with Crippen LogP contribution >= 0.6 is 0 Å². The highest BCUT2D eigenvalue weighted by Crippen LogP contribution is 2.25. The molecule has 1 aromatic rings. The van der Waals surface area contributed by atoms with Gasteiger partial charge in [0.05, 0.1) is 13.2 Å². The minimum Gasteiger partial charge on any atom is -0.496 e. The predicted molar refractivity (Wildman–Crippen MR) is 108 cm³/mol. The van der Waals surface area contributed by atoms with Crippen molar-refractivity contribution >= 4 is 17.4 Å². The number of hydrogen-bond donors (Lipinski definition) is 1. The lowest BCUT2D eigenvalue weighted by Crippen LogP contribution is -2.43. The maximum absolute atomic E-state index is 12.2. The van der Waals surface area contributed by atoms with Gasteiger partial charge in [-0.1, -0.05) is 18.2 Å². The number of carbonyl (C=O) groups excluding carboxylic acids is 2. The van der Waals surface area contributed by atoms with E-state index in [-0.39, 0.29) is 17.9 Å². The van der Waals surface area contributed by atoms with Crippen LogP contribution in [0.2, 0.25) is 0 Å². The first-order valence-electron chi connectivity index (χ1n) is 9.48. The van der Waals surface area contributed by atoms with Crippen molar-refractivity contribution in [3.05, 3.63) is 35.9 Å². The Morgan fingerprint density at radius 3 is 2.78 bits per heavy atom. The van der Waals surface area contributed by atoms with Crippen LogP contribution in [0.5, 0.6) is 5.75 Å². The van der Waals surface area contributed by atoms with Gasteiger partial charge >= 0.3 is 0 Å². The second-order valence-electron chi connectivity index (χ2n) is 7.10. The van der Waals surface area contributed by atoms with Gasteiger partial charge in [0.25, 0.3) is 0 Å². The van der Waals surface area contributed by atoms with Gasteiger partial charge in [-0.05, 0) is 44.4 Å². The van der Waals surface area contributed by atoms with Crippen molar-refractivity contribution in [1.29, 1.82) is 0 Å². The minimum atomic E-state index is -0.110. The average Bonchev–Trinajstić information content (AvgIpc) is 3.12. The van der Waals surface area contributed by atoms with Crippen LogP contribution in [0, 0.1) is 0 Å². The Balaban J connectivity index is 1.80. The molecule has 27 heavy (non-hydrogen) atoms. The molecule has 1 fully saturated rings. The summed E-state index contributed by atoms with van der Waals surface area (Å²) in [7, 11) is 5.23. The summed E-state index contributed by atoms with van der Waals surface area (Å²) in [6.07, 6.45) is 4.40. The zero-order chi connectivity index (χ0) is 19.8. The van der Waals surface area contributed by atoms with Gasteiger partial charge in [-0.2, -0.15) is 0 Å². The number of methoxy groups -OCH3 is 1. The Hall–Kier alpha value is -2.34. The summed E-state index contributed by atoms with van der Waals surface area (Å²) in [6.45, 7) is 4.26. The van der Waals surface area contributed by atoms with Crippen molar-refractivity contribution in [1.82, 2.24) is 15.1 Å². The Kier molecular flexibility index (Phi) is 7.85. The lowest BCUT2D eigenvalue weighted by Gasteiger charge is -2.25. The van der Waals surface area contributed by atoms with Crippen molar-refractivity contribution in [2.75, 3.05) is 40.8 Å². The zero-order valence-electron chi connectivity index (χ0n) is 16.8. The fourth-order valence-corrected chi connectivity index (χ4v) is 3.46. The number of allylic oxidation sites excluding steroid dienone is 1. The monoisotopic (exact) mass is 373 g/mol. The first kappa shape index (κ1) is 21.0. The zero-order valence-corrected chi connectivity index (χ0v) is 16.8. The normalized spacial score (nSPS) is 17.6. The molecule has 1 unspecified atom stereocenters. The third-order valence-corrected chi connectivity index (χ3v) is 4.89. The number of likely N-dealkylation sites (tertiary alicyclic amines) is 1. The third-order valence-electron chi connectivity index (χ3n) is 4.89. The maximum atomic E-state index is 12.2. The van der Waals surface area contributed by atoms with Crippen LogP contribution in [0.1, 0.15) is 31.7 Å². The summed E-state index contributed by atoms with van der Waals surface area (Å²) in [5.41, 5.74) is 1.78. The van der Waals surface area contributed by atoms with Gasteiger partial charge in [0.2, 0.25) is 11.8 Å². The minimum absolute atomic E-state index is 0.0108. The molecule has 6 nitrogen and oxygen atoms in total. The number of para-hydroxylation sites is 1. The van der Waals surface area contributed by atoms with Gasteiger partial charge in [-0.3, -0.25) is 14.5 Å². The van der Waals surface area contributed by atoms with Gasteiger partial charge in [0.15, 0.2) is 0 Å². The van der Waals surface area contributed by atoms with Crippen molar-refractivity contribution in [3.63, 3.8) is 0 Å². The number of amides is 2. The highest BCUT2D eigenvalue weighted by molar-refractivity contribution is 5.95.